The molecule has 4 rings (SSSR count). The number of hydrogen-bond donors (Lipinski definition) is 1. The monoisotopic (exact) mass is 430 g/mol. The topological polar surface area (TPSA) is 66.3 Å². The Hall–Kier alpha value is -1.96. The number of likely N-dealkylation sites (tertiary alicyclic amines) is 1. The molecule has 1 unspecified atom stereocenters. The van der Waals surface area contributed by atoms with E-state index in [0.29, 0.717) is 13.0 Å². The molecule has 2 aliphatic rings. The van der Waals surface area contributed by atoms with Crippen LogP contribution < -0.4 is 5.32 Å². The van der Waals surface area contributed by atoms with Gasteiger partial charge in [-0.1, -0.05) is 29.8 Å². The second-order valence-electron chi connectivity index (χ2n) is 8.44. The lowest BCUT2D eigenvalue weighted by Crippen LogP contribution is -2.42. The highest BCUT2D eigenvalue weighted by Crippen LogP contribution is 2.19. The van der Waals surface area contributed by atoms with Crippen molar-refractivity contribution in [1.29, 1.82) is 0 Å². The molecule has 3 heterocycles. The van der Waals surface area contributed by atoms with Crippen LogP contribution in [0, 0.1) is 5.92 Å². The van der Waals surface area contributed by atoms with Gasteiger partial charge in [-0.05, 0) is 38.1 Å². The summed E-state index contributed by atoms with van der Waals surface area (Å²) in [7, 11) is 2.08. The number of benzene rings is 1. The Morgan fingerprint density at radius 1 is 1.20 bits per heavy atom. The van der Waals surface area contributed by atoms with Crippen LogP contribution in [0.4, 0.5) is 0 Å². The second-order valence-corrected chi connectivity index (χ2v) is 8.85. The fraction of sp³-hybridized carbons (Fsp3) is 0.591. The minimum Gasteiger partial charge on any atom is -0.355 e. The molecule has 162 valence electrons. The lowest BCUT2D eigenvalue weighted by molar-refractivity contribution is -0.126. The molecule has 1 aromatic heterocycles. The third kappa shape index (κ3) is 5.20. The molecule has 1 atom stereocenters. The summed E-state index contributed by atoms with van der Waals surface area (Å²) in [5, 5.41) is 12.7. The van der Waals surface area contributed by atoms with E-state index in [2.05, 4.69) is 43.0 Å². The largest absolute Gasteiger partial charge is 0.355 e. The van der Waals surface area contributed by atoms with Gasteiger partial charge in [0.05, 0.1) is 5.92 Å². The van der Waals surface area contributed by atoms with Gasteiger partial charge in [0.2, 0.25) is 5.91 Å². The van der Waals surface area contributed by atoms with Crippen LogP contribution in [0.15, 0.2) is 24.3 Å². The van der Waals surface area contributed by atoms with Crippen molar-refractivity contribution in [3.63, 3.8) is 0 Å². The van der Waals surface area contributed by atoms with Crippen molar-refractivity contribution in [2.75, 3.05) is 39.8 Å². The lowest BCUT2D eigenvalue weighted by atomic mass is 9.97. The minimum absolute atomic E-state index is 0.109. The van der Waals surface area contributed by atoms with Gasteiger partial charge in [0.15, 0.2) is 0 Å². The molecule has 2 aromatic rings. The molecule has 0 bridgehead atoms. The van der Waals surface area contributed by atoms with Crippen molar-refractivity contribution in [3.05, 3.63) is 46.5 Å². The molecule has 0 spiro atoms. The highest BCUT2D eigenvalue weighted by Gasteiger charge is 2.24. The normalized spacial score (nSPS) is 20.5. The van der Waals surface area contributed by atoms with Crippen molar-refractivity contribution < 1.29 is 4.79 Å². The van der Waals surface area contributed by atoms with E-state index in [1.54, 1.807) is 0 Å². The van der Waals surface area contributed by atoms with Gasteiger partial charge in [-0.3, -0.25) is 9.69 Å². The summed E-state index contributed by atoms with van der Waals surface area (Å²) in [6.07, 6.45) is 3.67. The zero-order valence-electron chi connectivity index (χ0n) is 17.7. The maximum atomic E-state index is 12.5. The van der Waals surface area contributed by atoms with Crippen LogP contribution in [-0.2, 0) is 30.7 Å². The fourth-order valence-corrected chi connectivity index (χ4v) is 4.66. The van der Waals surface area contributed by atoms with E-state index in [4.69, 9.17) is 11.6 Å². The molecule has 1 aromatic carbocycles. The first-order valence-electron chi connectivity index (χ1n) is 10.9. The number of rotatable bonds is 6. The van der Waals surface area contributed by atoms with E-state index < -0.39 is 0 Å². The number of halogens is 1. The molecule has 1 N–H and O–H groups in total. The molecule has 1 fully saturated rings. The van der Waals surface area contributed by atoms with Crippen LogP contribution >= 0.6 is 11.6 Å². The van der Waals surface area contributed by atoms with Crippen LogP contribution in [0.5, 0.6) is 0 Å². The molecule has 30 heavy (non-hydrogen) atoms. The Labute approximate surface area is 183 Å². The molecule has 1 saturated heterocycles. The van der Waals surface area contributed by atoms with Gasteiger partial charge in [0, 0.05) is 57.1 Å². The van der Waals surface area contributed by atoms with Crippen molar-refractivity contribution in [2.45, 2.75) is 38.8 Å². The average molecular weight is 431 g/mol. The van der Waals surface area contributed by atoms with Gasteiger partial charge in [-0.2, -0.15) is 0 Å². The SMILES string of the molecule is CN1CCCC(C(=O)NCCc2nnc3n2CCN(Cc2ccccc2Cl)CC3)C1. The minimum atomic E-state index is 0.109. The Morgan fingerprint density at radius 2 is 2.07 bits per heavy atom. The number of amides is 1. The zero-order chi connectivity index (χ0) is 20.9. The summed E-state index contributed by atoms with van der Waals surface area (Å²) in [5.41, 5.74) is 1.16. The van der Waals surface area contributed by atoms with Crippen molar-refractivity contribution in [1.82, 2.24) is 29.9 Å². The lowest BCUT2D eigenvalue weighted by Gasteiger charge is -2.28. The highest BCUT2D eigenvalue weighted by molar-refractivity contribution is 6.31. The molecular formula is C22H31ClN6O. The Morgan fingerprint density at radius 3 is 2.90 bits per heavy atom. The summed E-state index contributed by atoms with van der Waals surface area (Å²) >= 11 is 6.33. The molecule has 8 heteroatoms. The summed E-state index contributed by atoms with van der Waals surface area (Å²) in [6.45, 7) is 6.14. The van der Waals surface area contributed by atoms with Crippen molar-refractivity contribution in [2.24, 2.45) is 5.92 Å². The Bertz CT molecular complexity index is 869. The van der Waals surface area contributed by atoms with Crippen LogP contribution in [0.2, 0.25) is 5.02 Å². The second kappa shape index (κ2) is 9.90. The Kier molecular flexibility index (Phi) is 7.02. The number of fused-ring (bicyclic) bond motifs is 1. The van der Waals surface area contributed by atoms with Crippen molar-refractivity contribution >= 4 is 17.5 Å². The Balaban J connectivity index is 1.29. The van der Waals surface area contributed by atoms with Crippen LogP contribution in [0.25, 0.3) is 0 Å². The van der Waals surface area contributed by atoms with E-state index >= 15 is 0 Å². The van der Waals surface area contributed by atoms with Crippen LogP contribution in [0.3, 0.4) is 0 Å². The van der Waals surface area contributed by atoms with Gasteiger partial charge in [-0.25, -0.2) is 0 Å². The molecule has 0 saturated carbocycles. The molecule has 2 aliphatic heterocycles. The average Bonchev–Trinajstić information content (AvgIpc) is 3.01. The molecule has 7 nitrogen and oxygen atoms in total. The van der Waals surface area contributed by atoms with Gasteiger partial charge < -0.3 is 14.8 Å². The first-order chi connectivity index (χ1) is 14.6. The van der Waals surface area contributed by atoms with E-state index in [1.807, 2.05) is 18.2 Å². The number of aromatic nitrogens is 3. The van der Waals surface area contributed by atoms with Gasteiger partial charge in [-0.15, -0.1) is 10.2 Å². The van der Waals surface area contributed by atoms with E-state index in [0.717, 1.165) is 80.8 Å². The number of nitrogens with one attached hydrogen (secondary N) is 1. The predicted molar refractivity (Wildman–Crippen MR) is 117 cm³/mol. The number of hydrogen-bond acceptors (Lipinski definition) is 5. The molecule has 0 aliphatic carbocycles. The first kappa shape index (κ1) is 21.3. The van der Waals surface area contributed by atoms with E-state index in [9.17, 15) is 4.79 Å². The van der Waals surface area contributed by atoms with Gasteiger partial charge in [0.1, 0.15) is 11.6 Å². The highest BCUT2D eigenvalue weighted by atomic mass is 35.5. The van der Waals surface area contributed by atoms with Crippen molar-refractivity contribution in [3.8, 4) is 0 Å². The third-order valence-electron chi connectivity index (χ3n) is 6.19. The fourth-order valence-electron chi connectivity index (χ4n) is 4.46. The molecule has 0 radical (unpaired) electrons. The van der Waals surface area contributed by atoms with E-state index in [-0.39, 0.29) is 11.8 Å². The number of piperidine rings is 1. The standard InChI is InChI=1S/C22H31ClN6O/c1-27-11-4-6-18(15-27)22(30)24-10-8-20-25-26-21-9-12-28(13-14-29(20)21)16-17-5-2-3-7-19(17)23/h2-3,5,7,18H,4,6,8-16H2,1H3,(H,24,30). The molecular weight excluding hydrogens is 400 g/mol. The first-order valence-corrected chi connectivity index (χ1v) is 11.3. The van der Waals surface area contributed by atoms with Gasteiger partial charge >= 0.3 is 0 Å². The zero-order valence-corrected chi connectivity index (χ0v) is 18.4. The van der Waals surface area contributed by atoms with Gasteiger partial charge in [0.25, 0.3) is 0 Å². The van der Waals surface area contributed by atoms with Crippen LogP contribution in [-0.4, -0.2) is 70.2 Å². The number of carbonyl (C=O) groups excluding carboxylic acids is 1. The molecule has 1 amide bonds. The summed E-state index contributed by atoms with van der Waals surface area (Å²) in [4.78, 5) is 17.1. The third-order valence-corrected chi connectivity index (χ3v) is 6.56. The summed E-state index contributed by atoms with van der Waals surface area (Å²) in [5.74, 6) is 2.28. The summed E-state index contributed by atoms with van der Waals surface area (Å²) < 4.78 is 2.23. The smallest absolute Gasteiger partial charge is 0.224 e. The number of carbonyl (C=O) groups is 1. The number of nitrogens with zero attached hydrogens (tertiary/aromatic N) is 5. The van der Waals surface area contributed by atoms with E-state index in [1.165, 1.54) is 0 Å². The summed E-state index contributed by atoms with van der Waals surface area (Å²) in [6, 6.07) is 8.03. The maximum Gasteiger partial charge on any atom is 0.224 e. The quantitative estimate of drug-likeness (QED) is 0.759. The van der Waals surface area contributed by atoms with Crippen LogP contribution in [0.1, 0.15) is 30.1 Å². The predicted octanol–water partition coefficient (Wildman–Crippen LogP) is 1.99. The maximum absolute atomic E-state index is 12.5.